The second-order valence-electron chi connectivity index (χ2n) is 10.3. The fraction of sp³-hybridized carbons (Fsp3) is 0.393. The van der Waals surface area contributed by atoms with Crippen LogP contribution in [0.4, 0.5) is 13.2 Å². The van der Waals surface area contributed by atoms with Crippen LogP contribution in [-0.2, 0) is 22.5 Å². The highest BCUT2D eigenvalue weighted by atomic mass is 19.4. The second kappa shape index (κ2) is 11.4. The van der Waals surface area contributed by atoms with E-state index in [0.717, 1.165) is 5.56 Å². The van der Waals surface area contributed by atoms with Crippen molar-refractivity contribution in [1.29, 1.82) is 0 Å². The Labute approximate surface area is 233 Å². The molecule has 2 aromatic carbocycles. The van der Waals surface area contributed by atoms with Gasteiger partial charge in [-0.25, -0.2) is 0 Å². The van der Waals surface area contributed by atoms with Gasteiger partial charge in [-0.15, -0.1) is 13.2 Å². The SMILES string of the molecule is NC(=O)c1cc(-c2cnn(CC3(O)COC3)c2)ccc1OC1CCN(C(=O)Cc2ccc(OC(F)(F)F)cc2)CC1. The number of halogens is 3. The van der Waals surface area contributed by atoms with E-state index in [-0.39, 0.29) is 43.0 Å². The number of carbonyl (C=O) groups excluding carboxylic acids is 2. The van der Waals surface area contributed by atoms with Gasteiger partial charge in [-0.05, 0) is 35.4 Å². The maximum atomic E-state index is 12.7. The number of nitrogens with zero attached hydrogens (tertiary/aromatic N) is 3. The maximum absolute atomic E-state index is 12.7. The topological polar surface area (TPSA) is 129 Å². The first-order chi connectivity index (χ1) is 19.5. The van der Waals surface area contributed by atoms with Gasteiger partial charge >= 0.3 is 6.36 Å². The third-order valence-electron chi connectivity index (χ3n) is 7.01. The van der Waals surface area contributed by atoms with Crippen molar-refractivity contribution in [3.63, 3.8) is 0 Å². The van der Waals surface area contributed by atoms with Gasteiger partial charge in [0.05, 0.1) is 37.9 Å². The van der Waals surface area contributed by atoms with Crippen LogP contribution in [0.3, 0.4) is 0 Å². The molecular formula is C28H29F3N4O6. The number of aromatic nitrogens is 2. The van der Waals surface area contributed by atoms with Gasteiger partial charge in [0.15, 0.2) is 0 Å². The molecule has 13 heteroatoms. The molecular weight excluding hydrogens is 545 g/mol. The van der Waals surface area contributed by atoms with E-state index in [1.165, 1.54) is 24.3 Å². The highest BCUT2D eigenvalue weighted by molar-refractivity contribution is 5.97. The van der Waals surface area contributed by atoms with Gasteiger partial charge in [-0.2, -0.15) is 5.10 Å². The highest BCUT2D eigenvalue weighted by Gasteiger charge is 2.37. The van der Waals surface area contributed by atoms with Gasteiger partial charge < -0.3 is 30.0 Å². The molecule has 41 heavy (non-hydrogen) atoms. The van der Waals surface area contributed by atoms with E-state index in [4.69, 9.17) is 15.2 Å². The van der Waals surface area contributed by atoms with E-state index in [0.29, 0.717) is 49.4 Å². The Balaban J connectivity index is 1.16. The molecule has 0 saturated carbocycles. The monoisotopic (exact) mass is 574 g/mol. The lowest BCUT2D eigenvalue weighted by atomic mass is 10.0. The van der Waals surface area contributed by atoms with Gasteiger partial charge in [0.1, 0.15) is 23.2 Å². The lowest BCUT2D eigenvalue weighted by Crippen LogP contribution is -2.52. The quantitative estimate of drug-likeness (QED) is 0.402. The number of hydrogen-bond acceptors (Lipinski definition) is 7. The number of amides is 2. The molecule has 218 valence electrons. The summed E-state index contributed by atoms with van der Waals surface area (Å²) in [6.07, 6.45) is -0.489. The fourth-order valence-electron chi connectivity index (χ4n) is 4.83. The standard InChI is InChI=1S/C28H29F3N4O6/c29-28(30,31)41-22-4-1-18(2-5-22)11-25(36)34-9-7-21(8-10-34)40-24-6-3-19(12-23(24)26(32)37)20-13-33-35(14-20)15-27(38)16-39-17-27/h1-6,12-14,21,38H,7-11,15-17H2,(H2,32,37). The van der Waals surface area contributed by atoms with Crippen molar-refractivity contribution in [1.82, 2.24) is 14.7 Å². The summed E-state index contributed by atoms with van der Waals surface area (Å²) in [6, 6.07) is 10.3. The summed E-state index contributed by atoms with van der Waals surface area (Å²) in [6.45, 7) is 1.66. The van der Waals surface area contributed by atoms with Crippen LogP contribution < -0.4 is 15.2 Å². The average Bonchev–Trinajstić information content (AvgIpc) is 3.37. The van der Waals surface area contributed by atoms with E-state index in [1.54, 1.807) is 40.2 Å². The van der Waals surface area contributed by atoms with Crippen LogP contribution in [-0.4, -0.2) is 76.0 Å². The summed E-state index contributed by atoms with van der Waals surface area (Å²) < 4.78 is 53.7. The van der Waals surface area contributed by atoms with Crippen LogP contribution in [0.5, 0.6) is 11.5 Å². The van der Waals surface area contributed by atoms with Crippen LogP contribution in [0, 0.1) is 0 Å². The van der Waals surface area contributed by atoms with Crippen LogP contribution in [0.1, 0.15) is 28.8 Å². The zero-order valence-electron chi connectivity index (χ0n) is 22.0. The molecule has 3 heterocycles. The number of piperidine rings is 1. The number of ether oxygens (including phenoxy) is 3. The largest absolute Gasteiger partial charge is 0.573 e. The number of primary amides is 1. The number of likely N-dealkylation sites (tertiary alicyclic amines) is 1. The molecule has 0 radical (unpaired) electrons. The van der Waals surface area contributed by atoms with E-state index in [2.05, 4.69) is 9.84 Å². The Morgan fingerprint density at radius 1 is 1.10 bits per heavy atom. The summed E-state index contributed by atoms with van der Waals surface area (Å²) in [7, 11) is 0. The first-order valence-corrected chi connectivity index (χ1v) is 13.0. The molecule has 0 atom stereocenters. The summed E-state index contributed by atoms with van der Waals surface area (Å²) in [5.74, 6) is -0.785. The van der Waals surface area contributed by atoms with Crippen molar-refractivity contribution in [2.24, 2.45) is 5.73 Å². The molecule has 2 aliphatic rings. The first kappa shape index (κ1) is 28.4. The summed E-state index contributed by atoms with van der Waals surface area (Å²) >= 11 is 0. The molecule has 3 aromatic rings. The van der Waals surface area contributed by atoms with Gasteiger partial charge in [-0.3, -0.25) is 14.3 Å². The molecule has 0 bridgehead atoms. The predicted octanol–water partition coefficient (Wildman–Crippen LogP) is 2.92. The Morgan fingerprint density at radius 2 is 1.80 bits per heavy atom. The first-order valence-electron chi connectivity index (χ1n) is 13.0. The number of benzene rings is 2. The minimum atomic E-state index is -4.77. The smallest absolute Gasteiger partial charge is 0.489 e. The van der Waals surface area contributed by atoms with Crippen molar-refractivity contribution >= 4 is 11.8 Å². The molecule has 2 saturated heterocycles. The van der Waals surface area contributed by atoms with Crippen molar-refractivity contribution in [3.05, 3.63) is 66.0 Å². The minimum Gasteiger partial charge on any atom is -0.489 e. The molecule has 10 nitrogen and oxygen atoms in total. The number of nitrogens with two attached hydrogens (primary N) is 1. The van der Waals surface area contributed by atoms with Crippen molar-refractivity contribution in [2.75, 3.05) is 26.3 Å². The van der Waals surface area contributed by atoms with Gasteiger partial charge in [0.25, 0.3) is 5.91 Å². The molecule has 1 aromatic heterocycles. The Morgan fingerprint density at radius 3 is 2.41 bits per heavy atom. The maximum Gasteiger partial charge on any atom is 0.573 e. The summed E-state index contributed by atoms with van der Waals surface area (Å²) in [5.41, 5.74) is 6.98. The van der Waals surface area contributed by atoms with E-state index >= 15 is 0 Å². The minimum absolute atomic E-state index is 0.0504. The fourth-order valence-corrected chi connectivity index (χ4v) is 4.83. The molecule has 2 amide bonds. The molecule has 5 rings (SSSR count). The molecule has 2 fully saturated rings. The predicted molar refractivity (Wildman–Crippen MR) is 139 cm³/mol. The molecule has 0 spiro atoms. The number of alkyl halides is 3. The average molecular weight is 575 g/mol. The van der Waals surface area contributed by atoms with Crippen molar-refractivity contribution in [3.8, 4) is 22.6 Å². The van der Waals surface area contributed by atoms with Crippen LogP contribution in [0.15, 0.2) is 54.9 Å². The normalized spacial score (nSPS) is 17.1. The van der Waals surface area contributed by atoms with Crippen molar-refractivity contribution < 1.29 is 42.1 Å². The summed E-state index contributed by atoms with van der Waals surface area (Å²) in [4.78, 5) is 26.7. The molecule has 0 aliphatic carbocycles. The Kier molecular flexibility index (Phi) is 7.91. The lowest BCUT2D eigenvalue weighted by molar-refractivity contribution is -0.274. The second-order valence-corrected chi connectivity index (χ2v) is 10.3. The Bertz CT molecular complexity index is 1400. The van der Waals surface area contributed by atoms with Crippen LogP contribution in [0.25, 0.3) is 11.1 Å². The molecule has 0 unspecified atom stereocenters. The Hall–Kier alpha value is -4.10. The lowest BCUT2D eigenvalue weighted by Gasteiger charge is -2.35. The third-order valence-corrected chi connectivity index (χ3v) is 7.01. The van der Waals surface area contributed by atoms with Gasteiger partial charge in [-0.1, -0.05) is 18.2 Å². The highest BCUT2D eigenvalue weighted by Crippen LogP contribution is 2.30. The van der Waals surface area contributed by atoms with Crippen LogP contribution in [0.2, 0.25) is 0 Å². The van der Waals surface area contributed by atoms with E-state index in [1.807, 2.05) is 0 Å². The third kappa shape index (κ3) is 7.16. The van der Waals surface area contributed by atoms with Crippen molar-refractivity contribution in [2.45, 2.75) is 43.9 Å². The number of hydrogen-bond donors (Lipinski definition) is 2. The molecule has 3 N–H and O–H groups in total. The zero-order valence-corrected chi connectivity index (χ0v) is 22.0. The zero-order chi connectivity index (χ0) is 29.2. The number of rotatable bonds is 9. The van der Waals surface area contributed by atoms with Gasteiger partial charge in [0, 0.05) is 37.7 Å². The van der Waals surface area contributed by atoms with Crippen LogP contribution >= 0.6 is 0 Å². The summed E-state index contributed by atoms with van der Waals surface area (Å²) in [5, 5.41) is 14.6. The van der Waals surface area contributed by atoms with E-state index < -0.39 is 17.9 Å². The van der Waals surface area contributed by atoms with E-state index in [9.17, 15) is 27.9 Å². The number of aliphatic hydroxyl groups is 1. The molecule has 2 aliphatic heterocycles. The van der Waals surface area contributed by atoms with Gasteiger partial charge in [0.2, 0.25) is 5.91 Å². The number of carbonyl (C=O) groups is 2.